The average Bonchev–Trinajstić information content (AvgIpc) is 2.38. The van der Waals surface area contributed by atoms with Gasteiger partial charge in [-0.3, -0.25) is 0 Å². The molecule has 2 rings (SSSR count). The number of hydrogen-bond donors (Lipinski definition) is 0. The fraction of sp³-hybridized carbons (Fsp3) is 0.250. The summed E-state index contributed by atoms with van der Waals surface area (Å²) in [5.41, 5.74) is 4.68. The number of aryl methyl sites for hydroxylation is 1. The Labute approximate surface area is 122 Å². The molecule has 0 bridgehead atoms. The lowest BCUT2D eigenvalue weighted by Gasteiger charge is -2.20. The van der Waals surface area contributed by atoms with Crippen LogP contribution in [0.5, 0.6) is 0 Å². The van der Waals surface area contributed by atoms with E-state index in [1.807, 2.05) is 13.1 Å². The van der Waals surface area contributed by atoms with Crippen LogP contribution < -0.4 is 4.90 Å². The Morgan fingerprint density at radius 3 is 2.58 bits per heavy atom. The van der Waals surface area contributed by atoms with Crippen molar-refractivity contribution in [1.29, 1.82) is 0 Å². The minimum absolute atomic E-state index is 0.184. The first-order valence-corrected chi connectivity index (χ1v) is 7.33. The predicted molar refractivity (Wildman–Crippen MR) is 82.3 cm³/mol. The molecule has 100 valence electrons. The van der Waals surface area contributed by atoms with Crippen LogP contribution in [0.1, 0.15) is 16.7 Å². The molecule has 0 fully saturated rings. The lowest BCUT2D eigenvalue weighted by atomic mass is 10.1. The molecule has 0 N–H and O–H groups in total. The van der Waals surface area contributed by atoms with E-state index in [-0.39, 0.29) is 5.82 Å². The Morgan fingerprint density at radius 2 is 1.95 bits per heavy atom. The predicted octanol–water partition coefficient (Wildman–Crippen LogP) is 4.67. The number of nitrogens with zero attached hydrogens (tertiary/aromatic N) is 1. The van der Waals surface area contributed by atoms with Crippen molar-refractivity contribution >= 4 is 21.6 Å². The second-order valence-electron chi connectivity index (χ2n) is 4.73. The van der Waals surface area contributed by atoms with Crippen molar-refractivity contribution in [2.24, 2.45) is 0 Å². The van der Waals surface area contributed by atoms with Crippen LogP contribution in [0.2, 0.25) is 0 Å². The van der Waals surface area contributed by atoms with Crippen molar-refractivity contribution in [3.63, 3.8) is 0 Å². The maximum atomic E-state index is 13.2. The van der Waals surface area contributed by atoms with Crippen molar-refractivity contribution in [2.75, 3.05) is 11.9 Å². The topological polar surface area (TPSA) is 3.24 Å². The summed E-state index contributed by atoms with van der Waals surface area (Å²) in [6, 6.07) is 13.1. The Balaban J connectivity index is 2.15. The lowest BCUT2D eigenvalue weighted by Crippen LogP contribution is -2.16. The lowest BCUT2D eigenvalue weighted by molar-refractivity contribution is 0.625. The van der Waals surface area contributed by atoms with Gasteiger partial charge in [0.1, 0.15) is 5.82 Å². The van der Waals surface area contributed by atoms with Gasteiger partial charge in [-0.2, -0.15) is 0 Å². The first-order valence-electron chi connectivity index (χ1n) is 6.21. The van der Waals surface area contributed by atoms with Crippen molar-refractivity contribution in [1.82, 2.24) is 0 Å². The van der Waals surface area contributed by atoms with Crippen LogP contribution in [0.25, 0.3) is 0 Å². The summed E-state index contributed by atoms with van der Waals surface area (Å²) in [6.45, 7) is 2.81. The highest BCUT2D eigenvalue weighted by atomic mass is 79.9. The van der Waals surface area contributed by atoms with E-state index < -0.39 is 0 Å². The van der Waals surface area contributed by atoms with Crippen LogP contribution in [0.15, 0.2) is 42.5 Å². The fourth-order valence-electron chi connectivity index (χ4n) is 2.07. The van der Waals surface area contributed by atoms with E-state index in [2.05, 4.69) is 46.0 Å². The number of benzene rings is 2. The Hall–Kier alpha value is -1.35. The summed E-state index contributed by atoms with van der Waals surface area (Å²) in [7, 11) is 2.02. The molecule has 0 radical (unpaired) electrons. The summed E-state index contributed by atoms with van der Waals surface area (Å²) < 4.78 is 13.2. The van der Waals surface area contributed by atoms with Gasteiger partial charge < -0.3 is 4.90 Å². The summed E-state index contributed by atoms with van der Waals surface area (Å²) in [5.74, 6) is -0.184. The number of anilines is 1. The third-order valence-electron chi connectivity index (χ3n) is 3.22. The van der Waals surface area contributed by atoms with Crippen LogP contribution in [0.3, 0.4) is 0 Å². The van der Waals surface area contributed by atoms with E-state index in [0.717, 1.165) is 16.6 Å². The van der Waals surface area contributed by atoms with Gasteiger partial charge in [0.05, 0.1) is 0 Å². The zero-order valence-electron chi connectivity index (χ0n) is 11.2. The smallest absolute Gasteiger partial charge is 0.123 e. The van der Waals surface area contributed by atoms with Crippen molar-refractivity contribution in [3.8, 4) is 0 Å². The first-order chi connectivity index (χ1) is 9.10. The van der Waals surface area contributed by atoms with Crippen molar-refractivity contribution in [2.45, 2.75) is 18.8 Å². The Morgan fingerprint density at radius 1 is 1.16 bits per heavy atom. The van der Waals surface area contributed by atoms with Crippen LogP contribution >= 0.6 is 15.9 Å². The Kier molecular flexibility index (Phi) is 4.59. The van der Waals surface area contributed by atoms with E-state index in [4.69, 9.17) is 0 Å². The maximum absolute atomic E-state index is 13.2. The SMILES string of the molecule is Cc1cc(N(C)Cc2cccc(F)c2)ccc1CBr. The van der Waals surface area contributed by atoms with Crippen LogP contribution in [-0.4, -0.2) is 7.05 Å². The molecule has 0 heterocycles. The second-order valence-corrected chi connectivity index (χ2v) is 5.29. The highest BCUT2D eigenvalue weighted by molar-refractivity contribution is 9.08. The molecule has 0 saturated carbocycles. The minimum atomic E-state index is -0.184. The zero-order chi connectivity index (χ0) is 13.8. The molecule has 0 aromatic heterocycles. The molecule has 2 aromatic carbocycles. The largest absolute Gasteiger partial charge is 0.370 e. The van der Waals surface area contributed by atoms with E-state index in [9.17, 15) is 4.39 Å². The molecule has 1 nitrogen and oxygen atoms in total. The van der Waals surface area contributed by atoms with E-state index in [1.54, 1.807) is 12.1 Å². The third-order valence-corrected chi connectivity index (χ3v) is 3.82. The van der Waals surface area contributed by atoms with Gasteiger partial charge in [0.25, 0.3) is 0 Å². The molecule has 0 aliphatic carbocycles. The molecule has 19 heavy (non-hydrogen) atoms. The molecule has 2 aromatic rings. The zero-order valence-corrected chi connectivity index (χ0v) is 12.7. The van der Waals surface area contributed by atoms with Gasteiger partial charge in [-0.25, -0.2) is 4.39 Å². The van der Waals surface area contributed by atoms with Gasteiger partial charge in [0, 0.05) is 24.6 Å². The highest BCUT2D eigenvalue weighted by Crippen LogP contribution is 2.21. The highest BCUT2D eigenvalue weighted by Gasteiger charge is 2.05. The average molecular weight is 322 g/mol. The monoisotopic (exact) mass is 321 g/mol. The minimum Gasteiger partial charge on any atom is -0.370 e. The molecule has 0 amide bonds. The molecular formula is C16H17BrFN. The van der Waals surface area contributed by atoms with Gasteiger partial charge in [-0.1, -0.05) is 34.1 Å². The summed E-state index contributed by atoms with van der Waals surface area (Å²) in [5, 5.41) is 0.868. The van der Waals surface area contributed by atoms with Crippen LogP contribution in [0.4, 0.5) is 10.1 Å². The van der Waals surface area contributed by atoms with E-state index in [0.29, 0.717) is 6.54 Å². The quantitative estimate of drug-likeness (QED) is 0.740. The first kappa shape index (κ1) is 14.1. The second kappa shape index (κ2) is 6.20. The number of hydrogen-bond acceptors (Lipinski definition) is 1. The molecule has 0 aliphatic heterocycles. The third kappa shape index (κ3) is 3.57. The summed E-state index contributed by atoms with van der Waals surface area (Å²) in [4.78, 5) is 2.12. The van der Waals surface area contributed by atoms with Gasteiger partial charge in [-0.15, -0.1) is 0 Å². The number of alkyl halides is 1. The van der Waals surface area contributed by atoms with E-state index >= 15 is 0 Å². The molecular weight excluding hydrogens is 305 g/mol. The van der Waals surface area contributed by atoms with Gasteiger partial charge in [-0.05, 0) is 47.9 Å². The standard InChI is InChI=1S/C16H17BrFN/c1-12-8-16(7-6-14(12)10-17)19(2)11-13-4-3-5-15(18)9-13/h3-9H,10-11H2,1-2H3. The molecule has 3 heteroatoms. The van der Waals surface area contributed by atoms with Crippen molar-refractivity contribution in [3.05, 3.63) is 65.0 Å². The molecule has 0 spiro atoms. The van der Waals surface area contributed by atoms with Gasteiger partial charge in [0.15, 0.2) is 0 Å². The molecule has 0 saturated heterocycles. The van der Waals surface area contributed by atoms with Gasteiger partial charge >= 0.3 is 0 Å². The van der Waals surface area contributed by atoms with Gasteiger partial charge in [0.2, 0.25) is 0 Å². The van der Waals surface area contributed by atoms with Crippen LogP contribution in [0, 0.1) is 12.7 Å². The fourth-order valence-corrected chi connectivity index (χ4v) is 2.70. The molecule has 0 aliphatic rings. The van der Waals surface area contributed by atoms with E-state index in [1.165, 1.54) is 17.2 Å². The molecule has 0 atom stereocenters. The molecule has 0 unspecified atom stereocenters. The summed E-state index contributed by atoms with van der Waals surface area (Å²) >= 11 is 3.48. The summed E-state index contributed by atoms with van der Waals surface area (Å²) in [6.07, 6.45) is 0. The maximum Gasteiger partial charge on any atom is 0.123 e. The van der Waals surface area contributed by atoms with Crippen molar-refractivity contribution < 1.29 is 4.39 Å². The normalized spacial score (nSPS) is 10.5. The van der Waals surface area contributed by atoms with Crippen LogP contribution in [-0.2, 0) is 11.9 Å². The number of rotatable bonds is 4. The Bertz CT molecular complexity index is 568. The number of halogens is 2.